The first kappa shape index (κ1) is 23.0. The molecule has 0 spiro atoms. The topological polar surface area (TPSA) is 119 Å². The summed E-state index contributed by atoms with van der Waals surface area (Å²) in [5, 5.41) is 5.41. The molecule has 2 amide bonds. The second kappa shape index (κ2) is 11.0. The zero-order valence-corrected chi connectivity index (χ0v) is 17.6. The number of benzene rings is 1. The van der Waals surface area contributed by atoms with Gasteiger partial charge in [0.15, 0.2) is 6.61 Å². The molecule has 1 aromatic heterocycles. The van der Waals surface area contributed by atoms with Gasteiger partial charge in [0.25, 0.3) is 11.8 Å². The van der Waals surface area contributed by atoms with Crippen LogP contribution in [-0.4, -0.2) is 56.2 Å². The average Bonchev–Trinajstić information content (AvgIpc) is 3.02. The number of aromatic nitrogens is 1. The molecule has 3 N–H and O–H groups in total. The number of likely N-dealkylation sites (N-methyl/N-ethyl adjacent to an activating group) is 1. The SMILES string of the molecule is CCNC(=O)COc1ccc(NC(=O)c2[nH]c(C)c(C(=O)OCCOC)c2C)cc1. The van der Waals surface area contributed by atoms with Crippen molar-refractivity contribution in [2.75, 3.05) is 38.8 Å². The predicted molar refractivity (Wildman–Crippen MR) is 111 cm³/mol. The Kier molecular flexibility index (Phi) is 8.42. The van der Waals surface area contributed by atoms with Gasteiger partial charge in [0.1, 0.15) is 18.1 Å². The van der Waals surface area contributed by atoms with Crippen LogP contribution in [0.5, 0.6) is 5.75 Å². The zero-order valence-electron chi connectivity index (χ0n) is 17.6. The van der Waals surface area contributed by atoms with Gasteiger partial charge in [-0.1, -0.05) is 0 Å². The summed E-state index contributed by atoms with van der Waals surface area (Å²) in [6.07, 6.45) is 0. The third-order valence-electron chi connectivity index (χ3n) is 4.25. The molecule has 0 radical (unpaired) electrons. The molecule has 30 heavy (non-hydrogen) atoms. The second-order valence-electron chi connectivity index (χ2n) is 6.47. The van der Waals surface area contributed by atoms with Crippen LogP contribution in [0.4, 0.5) is 5.69 Å². The number of aryl methyl sites for hydroxylation is 1. The van der Waals surface area contributed by atoms with E-state index in [1.807, 2.05) is 6.92 Å². The summed E-state index contributed by atoms with van der Waals surface area (Å²) >= 11 is 0. The number of ether oxygens (including phenoxy) is 3. The van der Waals surface area contributed by atoms with Crippen LogP contribution in [0.3, 0.4) is 0 Å². The van der Waals surface area contributed by atoms with E-state index >= 15 is 0 Å². The van der Waals surface area contributed by atoms with E-state index in [2.05, 4.69) is 15.6 Å². The molecule has 0 saturated heterocycles. The van der Waals surface area contributed by atoms with E-state index in [4.69, 9.17) is 14.2 Å². The number of anilines is 1. The lowest BCUT2D eigenvalue weighted by atomic mass is 10.1. The van der Waals surface area contributed by atoms with Crippen LogP contribution in [0, 0.1) is 13.8 Å². The van der Waals surface area contributed by atoms with Crippen molar-refractivity contribution in [2.45, 2.75) is 20.8 Å². The second-order valence-corrected chi connectivity index (χ2v) is 6.47. The maximum absolute atomic E-state index is 12.7. The highest BCUT2D eigenvalue weighted by atomic mass is 16.6. The van der Waals surface area contributed by atoms with Gasteiger partial charge in [0, 0.05) is 25.0 Å². The van der Waals surface area contributed by atoms with Gasteiger partial charge in [-0.15, -0.1) is 0 Å². The molecule has 0 fully saturated rings. The number of amides is 2. The van der Waals surface area contributed by atoms with Crippen molar-refractivity contribution in [1.82, 2.24) is 10.3 Å². The number of nitrogens with one attached hydrogen (secondary N) is 3. The van der Waals surface area contributed by atoms with Crippen molar-refractivity contribution in [3.8, 4) is 5.75 Å². The number of methoxy groups -OCH3 is 1. The van der Waals surface area contributed by atoms with E-state index in [0.717, 1.165) is 0 Å². The lowest BCUT2D eigenvalue weighted by Crippen LogP contribution is -2.28. The van der Waals surface area contributed by atoms with Gasteiger partial charge in [0.05, 0.1) is 12.2 Å². The Morgan fingerprint density at radius 1 is 1.07 bits per heavy atom. The van der Waals surface area contributed by atoms with Crippen molar-refractivity contribution < 1.29 is 28.6 Å². The van der Waals surface area contributed by atoms with Gasteiger partial charge in [-0.2, -0.15) is 0 Å². The number of carbonyl (C=O) groups is 3. The lowest BCUT2D eigenvalue weighted by molar-refractivity contribution is -0.122. The van der Waals surface area contributed by atoms with Gasteiger partial charge in [-0.3, -0.25) is 9.59 Å². The molecule has 0 saturated carbocycles. The molecule has 0 unspecified atom stereocenters. The van der Waals surface area contributed by atoms with Crippen molar-refractivity contribution >= 4 is 23.5 Å². The zero-order chi connectivity index (χ0) is 22.1. The minimum Gasteiger partial charge on any atom is -0.484 e. The molecule has 0 aliphatic rings. The maximum Gasteiger partial charge on any atom is 0.340 e. The van der Waals surface area contributed by atoms with Crippen LogP contribution >= 0.6 is 0 Å². The fourth-order valence-electron chi connectivity index (χ4n) is 2.80. The van der Waals surface area contributed by atoms with Gasteiger partial charge < -0.3 is 29.8 Å². The quantitative estimate of drug-likeness (QED) is 0.403. The van der Waals surface area contributed by atoms with Crippen LogP contribution in [0.1, 0.15) is 39.0 Å². The lowest BCUT2D eigenvalue weighted by Gasteiger charge is -2.08. The van der Waals surface area contributed by atoms with Crippen LogP contribution in [0.25, 0.3) is 0 Å². The summed E-state index contributed by atoms with van der Waals surface area (Å²) in [5.41, 5.74) is 2.22. The molecule has 0 aliphatic carbocycles. The molecule has 9 nitrogen and oxygen atoms in total. The molecule has 2 rings (SSSR count). The molecular formula is C21H27N3O6. The Hall–Kier alpha value is -3.33. The Morgan fingerprint density at radius 3 is 2.40 bits per heavy atom. The standard InChI is InChI=1S/C21H27N3O6/c1-5-22-17(25)12-30-16-8-6-15(7-9-16)24-20(26)19-13(2)18(14(3)23-19)21(27)29-11-10-28-4/h6-9,23H,5,10-12H2,1-4H3,(H,22,25)(H,24,26). The predicted octanol–water partition coefficient (Wildman–Crippen LogP) is 2.20. The molecule has 162 valence electrons. The number of H-pyrrole nitrogens is 1. The summed E-state index contributed by atoms with van der Waals surface area (Å²) in [7, 11) is 1.52. The molecule has 2 aromatic rings. The molecule has 0 bridgehead atoms. The molecule has 1 heterocycles. The number of aromatic amines is 1. The number of hydrogen-bond donors (Lipinski definition) is 3. The Bertz CT molecular complexity index is 889. The van der Waals surface area contributed by atoms with E-state index in [9.17, 15) is 14.4 Å². The van der Waals surface area contributed by atoms with Crippen LogP contribution in [0.2, 0.25) is 0 Å². The fraction of sp³-hybridized carbons (Fsp3) is 0.381. The number of rotatable bonds is 10. The first-order valence-corrected chi connectivity index (χ1v) is 9.53. The molecule has 0 aliphatic heterocycles. The Morgan fingerprint density at radius 2 is 1.77 bits per heavy atom. The van der Waals surface area contributed by atoms with E-state index in [0.29, 0.717) is 41.4 Å². The van der Waals surface area contributed by atoms with Gasteiger partial charge in [-0.05, 0) is 50.6 Å². The first-order valence-electron chi connectivity index (χ1n) is 9.53. The minimum absolute atomic E-state index is 0.0796. The number of hydrogen-bond acceptors (Lipinski definition) is 6. The van der Waals surface area contributed by atoms with E-state index in [1.165, 1.54) is 7.11 Å². The smallest absolute Gasteiger partial charge is 0.340 e. The van der Waals surface area contributed by atoms with Gasteiger partial charge >= 0.3 is 5.97 Å². The molecule has 1 aromatic carbocycles. The third-order valence-corrected chi connectivity index (χ3v) is 4.25. The largest absolute Gasteiger partial charge is 0.484 e. The number of esters is 1. The highest BCUT2D eigenvalue weighted by Gasteiger charge is 2.23. The van der Waals surface area contributed by atoms with Gasteiger partial charge in [0.2, 0.25) is 0 Å². The average molecular weight is 417 g/mol. The number of carbonyl (C=O) groups excluding carboxylic acids is 3. The van der Waals surface area contributed by atoms with Crippen molar-refractivity contribution in [2.24, 2.45) is 0 Å². The van der Waals surface area contributed by atoms with Gasteiger partial charge in [-0.25, -0.2) is 4.79 Å². The normalized spacial score (nSPS) is 10.4. The summed E-state index contributed by atoms with van der Waals surface area (Å²) in [6, 6.07) is 6.63. The highest BCUT2D eigenvalue weighted by molar-refractivity contribution is 6.06. The molecular weight excluding hydrogens is 390 g/mol. The van der Waals surface area contributed by atoms with Crippen LogP contribution in [-0.2, 0) is 14.3 Å². The van der Waals surface area contributed by atoms with E-state index < -0.39 is 5.97 Å². The van der Waals surface area contributed by atoms with E-state index in [1.54, 1.807) is 38.1 Å². The van der Waals surface area contributed by atoms with Crippen molar-refractivity contribution in [3.05, 3.63) is 46.8 Å². The summed E-state index contributed by atoms with van der Waals surface area (Å²) < 4.78 is 15.4. The summed E-state index contributed by atoms with van der Waals surface area (Å²) in [4.78, 5) is 39.3. The summed E-state index contributed by atoms with van der Waals surface area (Å²) in [5.74, 6) is -0.593. The van der Waals surface area contributed by atoms with Crippen molar-refractivity contribution in [1.29, 1.82) is 0 Å². The Labute approximate surface area is 175 Å². The summed E-state index contributed by atoms with van der Waals surface area (Å²) in [6.45, 7) is 6.11. The fourth-order valence-corrected chi connectivity index (χ4v) is 2.80. The van der Waals surface area contributed by atoms with Crippen LogP contribution < -0.4 is 15.4 Å². The third kappa shape index (κ3) is 6.08. The molecule has 0 atom stereocenters. The molecule has 9 heteroatoms. The maximum atomic E-state index is 12.7. The minimum atomic E-state index is -0.508. The van der Waals surface area contributed by atoms with Crippen molar-refractivity contribution in [3.63, 3.8) is 0 Å². The van der Waals surface area contributed by atoms with Crippen LogP contribution in [0.15, 0.2) is 24.3 Å². The highest BCUT2D eigenvalue weighted by Crippen LogP contribution is 2.21. The van der Waals surface area contributed by atoms with E-state index in [-0.39, 0.29) is 30.7 Å². The first-order chi connectivity index (χ1) is 14.4. The Balaban J connectivity index is 2.01. The monoisotopic (exact) mass is 417 g/mol.